The Morgan fingerprint density at radius 1 is 1.23 bits per heavy atom. The summed E-state index contributed by atoms with van der Waals surface area (Å²) in [5.74, 6) is 0.350. The van der Waals surface area contributed by atoms with Crippen LogP contribution in [0, 0.1) is 3.57 Å². The normalized spacial score (nSPS) is 16.0. The minimum atomic E-state index is -2.43. The van der Waals surface area contributed by atoms with Crippen LogP contribution in [0.5, 0.6) is 5.75 Å². The Morgan fingerprint density at radius 2 is 2.07 bits per heavy atom. The van der Waals surface area contributed by atoms with Gasteiger partial charge in [-0.1, -0.05) is 11.3 Å². The predicted molar refractivity (Wildman–Crippen MR) is 128 cm³/mol. The summed E-state index contributed by atoms with van der Waals surface area (Å²) in [5.41, 5.74) is 4.66. The quantitative estimate of drug-likeness (QED) is 0.272. The molecule has 1 aromatic heterocycles. The number of aliphatic imine (C=N–C) groups is 2. The molecule has 0 spiro atoms. The van der Waals surface area contributed by atoms with Crippen molar-refractivity contribution in [3.63, 3.8) is 0 Å². The molecule has 3 aromatic rings. The van der Waals surface area contributed by atoms with Crippen molar-refractivity contribution < 1.29 is 12.9 Å². The lowest BCUT2D eigenvalue weighted by atomic mass is 9.90. The van der Waals surface area contributed by atoms with Crippen molar-refractivity contribution in [3.05, 3.63) is 39.0 Å². The van der Waals surface area contributed by atoms with Crippen molar-refractivity contribution in [2.45, 2.75) is 25.7 Å². The molecule has 0 aliphatic carbocycles. The number of hydrogen-bond donors (Lipinski definition) is 1. The van der Waals surface area contributed by atoms with E-state index < -0.39 is 11.4 Å². The lowest BCUT2D eigenvalue weighted by molar-refractivity contribution is 0.454. The second kappa shape index (κ2) is 8.35. The third-order valence-electron chi connectivity index (χ3n) is 5.26. The Morgan fingerprint density at radius 3 is 2.90 bits per heavy atom. The molecule has 2 aromatic carbocycles. The predicted octanol–water partition coefficient (Wildman–Crippen LogP) is 5.25. The van der Waals surface area contributed by atoms with Gasteiger partial charge in [0.15, 0.2) is 5.75 Å². The first kappa shape index (κ1) is 20.1. The number of hydrogen-bond acceptors (Lipinski definition) is 7. The fraction of sp³-hybridized carbons (Fsp3) is 0.300. The monoisotopic (exact) mass is 552 g/mol. The van der Waals surface area contributed by atoms with E-state index in [-0.39, 0.29) is 0 Å². The van der Waals surface area contributed by atoms with Crippen LogP contribution < -0.4 is 9.08 Å². The minimum absolute atomic E-state index is 0.350. The molecule has 2 aliphatic rings. The van der Waals surface area contributed by atoms with Crippen LogP contribution in [0.1, 0.15) is 24.0 Å². The largest absolute Gasteiger partial charge is 0.377 e. The molecule has 154 valence electrons. The van der Waals surface area contributed by atoms with Crippen molar-refractivity contribution in [2.24, 2.45) is 9.98 Å². The van der Waals surface area contributed by atoms with E-state index in [9.17, 15) is 8.76 Å². The van der Waals surface area contributed by atoms with Gasteiger partial charge in [0.05, 0.1) is 10.2 Å². The number of halogens is 1. The maximum Gasteiger partial charge on any atom is 0.357 e. The zero-order chi connectivity index (χ0) is 20.7. The van der Waals surface area contributed by atoms with Gasteiger partial charge >= 0.3 is 11.4 Å². The average molecular weight is 552 g/mol. The van der Waals surface area contributed by atoms with Crippen molar-refractivity contribution >= 4 is 78.0 Å². The molecular formula is C20H17IN4O3S2. The molecule has 0 fully saturated rings. The Hall–Kier alpha value is -1.85. The molecule has 0 saturated carbocycles. The van der Waals surface area contributed by atoms with Gasteiger partial charge in [0.2, 0.25) is 5.13 Å². The number of aryl methyl sites for hydroxylation is 1. The summed E-state index contributed by atoms with van der Waals surface area (Å²) in [4.78, 5) is 15.5. The first-order chi connectivity index (χ1) is 14.6. The first-order valence-electron chi connectivity index (χ1n) is 9.54. The zero-order valence-corrected chi connectivity index (χ0v) is 19.6. The number of nitrogens with zero attached hydrogens (tertiary/aromatic N) is 4. The van der Waals surface area contributed by atoms with E-state index in [0.29, 0.717) is 16.6 Å². The summed E-state index contributed by atoms with van der Waals surface area (Å²) < 4.78 is 28.3. The second-order valence-electron chi connectivity index (χ2n) is 7.14. The standard InChI is InChI=1S/C20H17IN4O3S2/c21-13-5-6-15-17(10-13)29-20(24-15)23-11-22-16-9-12-3-1-7-25-8-2-4-14(18(12)25)19(16)28-30(26)27/h5-6,9-10H,1-4,7-8H2,(H,26,27). The maximum absolute atomic E-state index is 11.5. The summed E-state index contributed by atoms with van der Waals surface area (Å²) in [6, 6.07) is 10.7. The van der Waals surface area contributed by atoms with Gasteiger partial charge in [-0.05, 0) is 78.1 Å². The number of anilines is 1. The molecule has 0 radical (unpaired) electrons. The Bertz CT molecular complexity index is 1230. The third kappa shape index (κ3) is 3.90. The summed E-state index contributed by atoms with van der Waals surface area (Å²) in [5, 5.41) is 0.564. The number of rotatable bonds is 4. The van der Waals surface area contributed by atoms with Gasteiger partial charge in [-0.3, -0.25) is 4.55 Å². The van der Waals surface area contributed by atoms with E-state index in [1.165, 1.54) is 16.9 Å². The molecule has 2 aliphatic heterocycles. The van der Waals surface area contributed by atoms with Crippen LogP contribution in [0.4, 0.5) is 16.5 Å². The molecule has 3 heterocycles. The number of benzene rings is 2. The fourth-order valence-electron chi connectivity index (χ4n) is 4.12. The Kier molecular flexibility index (Phi) is 5.59. The molecular weight excluding hydrogens is 535 g/mol. The van der Waals surface area contributed by atoms with Crippen molar-refractivity contribution in [1.82, 2.24) is 4.98 Å². The van der Waals surface area contributed by atoms with Gasteiger partial charge in [0.1, 0.15) is 11.7 Å². The molecule has 1 atom stereocenters. The SMILES string of the molecule is O=S(O)Oc1c(N=C=Nc2nc3ccc(I)cc3s2)cc2c3c1CCCN3CCC2. The van der Waals surface area contributed by atoms with Gasteiger partial charge in [-0.2, -0.15) is 14.2 Å². The number of fused-ring (bicyclic) bond motifs is 1. The summed E-state index contributed by atoms with van der Waals surface area (Å²) in [7, 11) is 0. The zero-order valence-electron chi connectivity index (χ0n) is 15.8. The molecule has 5 rings (SSSR count). The molecule has 10 heteroatoms. The maximum atomic E-state index is 11.5. The van der Waals surface area contributed by atoms with Gasteiger partial charge in [-0.15, -0.1) is 0 Å². The molecule has 30 heavy (non-hydrogen) atoms. The molecule has 7 nitrogen and oxygen atoms in total. The van der Waals surface area contributed by atoms with Gasteiger partial charge in [-0.25, -0.2) is 4.98 Å². The van der Waals surface area contributed by atoms with Crippen LogP contribution >= 0.6 is 33.9 Å². The minimum Gasteiger partial charge on any atom is -0.377 e. The molecule has 1 unspecified atom stereocenters. The van der Waals surface area contributed by atoms with Gasteiger partial charge in [0.25, 0.3) is 0 Å². The van der Waals surface area contributed by atoms with Gasteiger partial charge in [0, 0.05) is 27.9 Å². The first-order valence-corrected chi connectivity index (χ1v) is 12.5. The molecule has 0 saturated heterocycles. The van der Waals surface area contributed by atoms with E-state index in [2.05, 4.69) is 54.5 Å². The summed E-state index contributed by atoms with van der Waals surface area (Å²) >= 11 is 1.31. The highest BCUT2D eigenvalue weighted by Gasteiger charge is 2.29. The highest BCUT2D eigenvalue weighted by molar-refractivity contribution is 14.1. The highest BCUT2D eigenvalue weighted by Crippen LogP contribution is 2.46. The topological polar surface area (TPSA) is 87.4 Å². The number of thiazole rings is 1. The molecule has 1 N–H and O–H groups in total. The lowest BCUT2D eigenvalue weighted by Gasteiger charge is -2.37. The van der Waals surface area contributed by atoms with E-state index in [4.69, 9.17) is 4.18 Å². The van der Waals surface area contributed by atoms with Crippen LogP contribution in [-0.4, -0.2) is 32.8 Å². The third-order valence-corrected chi connectivity index (χ3v) is 7.16. The summed E-state index contributed by atoms with van der Waals surface area (Å²) in [6.45, 7) is 2.00. The van der Waals surface area contributed by atoms with E-state index in [0.717, 1.165) is 63.8 Å². The second-order valence-corrected chi connectivity index (χ2v) is 9.99. The van der Waals surface area contributed by atoms with Crippen LogP contribution in [-0.2, 0) is 24.2 Å². The highest BCUT2D eigenvalue weighted by atomic mass is 127. The molecule has 0 amide bonds. The van der Waals surface area contributed by atoms with Gasteiger partial charge < -0.3 is 9.08 Å². The van der Waals surface area contributed by atoms with Crippen LogP contribution in [0.15, 0.2) is 34.3 Å². The number of aromatic nitrogens is 1. The molecule has 0 bridgehead atoms. The van der Waals surface area contributed by atoms with Crippen LogP contribution in [0.2, 0.25) is 0 Å². The van der Waals surface area contributed by atoms with E-state index in [1.807, 2.05) is 18.2 Å². The van der Waals surface area contributed by atoms with Crippen molar-refractivity contribution in [1.29, 1.82) is 0 Å². The van der Waals surface area contributed by atoms with E-state index >= 15 is 0 Å². The van der Waals surface area contributed by atoms with Crippen LogP contribution in [0.3, 0.4) is 0 Å². The van der Waals surface area contributed by atoms with Crippen molar-refractivity contribution in [3.8, 4) is 5.75 Å². The van der Waals surface area contributed by atoms with Crippen LogP contribution in [0.25, 0.3) is 10.2 Å². The summed E-state index contributed by atoms with van der Waals surface area (Å²) in [6.07, 6.45) is 3.81. The lowest BCUT2D eigenvalue weighted by Crippen LogP contribution is -2.34. The Balaban J connectivity index is 1.57. The average Bonchev–Trinajstić information content (AvgIpc) is 3.12. The fourth-order valence-corrected chi connectivity index (χ4v) is 5.98. The Labute approximate surface area is 193 Å². The van der Waals surface area contributed by atoms with Crippen molar-refractivity contribution in [2.75, 3.05) is 18.0 Å². The van der Waals surface area contributed by atoms with E-state index in [1.54, 1.807) is 0 Å². The smallest absolute Gasteiger partial charge is 0.357 e.